The van der Waals surface area contributed by atoms with Gasteiger partial charge in [-0.1, -0.05) is 6.07 Å². The van der Waals surface area contributed by atoms with Gasteiger partial charge in [-0.3, -0.25) is 4.79 Å². The summed E-state index contributed by atoms with van der Waals surface area (Å²) >= 11 is 0. The number of nitrogens with one attached hydrogen (secondary N) is 1. The normalized spacial score (nSPS) is 13.7. The number of hydrogen-bond acceptors (Lipinski definition) is 5. The van der Waals surface area contributed by atoms with Crippen LogP contribution in [0.5, 0.6) is 5.75 Å². The largest absolute Gasteiger partial charge is 0.496 e. The first-order valence-corrected chi connectivity index (χ1v) is 9.21. The molecule has 148 valence electrons. The highest BCUT2D eigenvalue weighted by atomic mass is 16.5. The third-order valence-electron chi connectivity index (χ3n) is 4.72. The highest BCUT2D eigenvalue weighted by Gasteiger charge is 2.16. The molecule has 0 radical (unpaired) electrons. The lowest BCUT2D eigenvalue weighted by molar-refractivity contribution is -0.112. The van der Waals surface area contributed by atoms with Gasteiger partial charge >= 0.3 is 5.97 Å². The lowest BCUT2D eigenvalue weighted by Gasteiger charge is -2.19. The molecule has 1 aliphatic heterocycles. The Morgan fingerprint density at radius 1 is 1.21 bits per heavy atom. The van der Waals surface area contributed by atoms with Crippen LogP contribution in [-0.2, 0) is 4.79 Å². The Hall–Kier alpha value is -3.79. The molecule has 0 spiro atoms. The smallest absolute Gasteiger partial charge is 0.335 e. The Kier molecular flexibility index (Phi) is 6.15. The van der Waals surface area contributed by atoms with Gasteiger partial charge < -0.3 is 20.1 Å². The van der Waals surface area contributed by atoms with Crippen LogP contribution >= 0.6 is 0 Å². The van der Waals surface area contributed by atoms with Crippen molar-refractivity contribution in [3.8, 4) is 11.8 Å². The first-order chi connectivity index (χ1) is 14.0. The summed E-state index contributed by atoms with van der Waals surface area (Å²) in [7, 11) is 1.55. The quantitative estimate of drug-likeness (QED) is 0.577. The van der Waals surface area contributed by atoms with Gasteiger partial charge in [0, 0.05) is 36.1 Å². The number of hydrogen-bond donors (Lipinski definition) is 2. The molecule has 0 bridgehead atoms. The van der Waals surface area contributed by atoms with Crippen LogP contribution in [0.15, 0.2) is 48.0 Å². The first-order valence-electron chi connectivity index (χ1n) is 9.21. The van der Waals surface area contributed by atoms with Gasteiger partial charge in [-0.05, 0) is 49.2 Å². The van der Waals surface area contributed by atoms with Crippen molar-refractivity contribution in [1.29, 1.82) is 5.26 Å². The average molecular weight is 391 g/mol. The molecule has 0 aromatic heterocycles. The van der Waals surface area contributed by atoms with Crippen LogP contribution in [0, 0.1) is 11.3 Å². The van der Waals surface area contributed by atoms with Crippen molar-refractivity contribution in [2.75, 3.05) is 30.4 Å². The molecular formula is C22H21N3O4. The third-order valence-corrected chi connectivity index (χ3v) is 4.72. The molecule has 29 heavy (non-hydrogen) atoms. The number of rotatable bonds is 6. The van der Waals surface area contributed by atoms with E-state index in [2.05, 4.69) is 10.2 Å². The number of benzene rings is 2. The Morgan fingerprint density at radius 3 is 2.62 bits per heavy atom. The minimum Gasteiger partial charge on any atom is -0.496 e. The van der Waals surface area contributed by atoms with Gasteiger partial charge in [0.05, 0.1) is 12.7 Å². The summed E-state index contributed by atoms with van der Waals surface area (Å²) in [5.41, 5.74) is 1.89. The highest BCUT2D eigenvalue weighted by molar-refractivity contribution is 6.10. The maximum atomic E-state index is 12.5. The molecule has 1 fully saturated rings. The minimum atomic E-state index is -1.10. The molecule has 1 amide bonds. The summed E-state index contributed by atoms with van der Waals surface area (Å²) in [6.07, 6.45) is 3.78. The zero-order valence-corrected chi connectivity index (χ0v) is 16.0. The van der Waals surface area contributed by atoms with Gasteiger partial charge in [0.15, 0.2) is 0 Å². The van der Waals surface area contributed by atoms with Crippen LogP contribution in [0.2, 0.25) is 0 Å². The molecule has 3 rings (SSSR count). The van der Waals surface area contributed by atoms with E-state index in [0.717, 1.165) is 31.6 Å². The average Bonchev–Trinajstić information content (AvgIpc) is 3.27. The van der Waals surface area contributed by atoms with Crippen LogP contribution < -0.4 is 15.0 Å². The molecule has 2 aromatic carbocycles. The second-order valence-electron chi connectivity index (χ2n) is 6.63. The highest BCUT2D eigenvalue weighted by Crippen LogP contribution is 2.29. The van der Waals surface area contributed by atoms with Crippen LogP contribution in [0.4, 0.5) is 11.4 Å². The summed E-state index contributed by atoms with van der Waals surface area (Å²) in [4.78, 5) is 25.8. The molecule has 1 heterocycles. The Morgan fingerprint density at radius 2 is 1.97 bits per heavy atom. The summed E-state index contributed by atoms with van der Waals surface area (Å²) in [5, 5.41) is 21.1. The number of carboxylic acids is 1. The van der Waals surface area contributed by atoms with Crippen molar-refractivity contribution in [2.45, 2.75) is 12.8 Å². The lowest BCUT2D eigenvalue weighted by Crippen LogP contribution is -2.17. The second kappa shape index (κ2) is 8.93. The van der Waals surface area contributed by atoms with Crippen LogP contribution in [-0.4, -0.2) is 37.2 Å². The molecule has 0 atom stereocenters. The standard InChI is InChI=1S/C22H21N3O4/c1-29-20-13-19(25-9-2-3-10-25)8-7-15(20)11-17(14-23)21(26)24-18-6-4-5-16(12-18)22(27)28/h4-8,11-13H,2-3,9-10H2,1H3,(H,24,26)(H,27,28). The van der Waals surface area contributed by atoms with E-state index in [4.69, 9.17) is 9.84 Å². The number of methoxy groups -OCH3 is 1. The van der Waals surface area contributed by atoms with Crippen molar-refractivity contribution < 1.29 is 19.4 Å². The van der Waals surface area contributed by atoms with E-state index in [1.54, 1.807) is 13.2 Å². The number of carboxylic acid groups (broad SMARTS) is 1. The van der Waals surface area contributed by atoms with Crippen molar-refractivity contribution in [2.24, 2.45) is 0 Å². The first kappa shape index (κ1) is 20.0. The van der Waals surface area contributed by atoms with Gasteiger partial charge in [-0.25, -0.2) is 4.79 Å². The van der Waals surface area contributed by atoms with Crippen molar-refractivity contribution in [3.05, 3.63) is 59.2 Å². The van der Waals surface area contributed by atoms with Crippen LogP contribution in [0.25, 0.3) is 6.08 Å². The van der Waals surface area contributed by atoms with E-state index in [9.17, 15) is 14.9 Å². The topological polar surface area (TPSA) is 103 Å². The Bertz CT molecular complexity index is 1000. The monoisotopic (exact) mass is 391 g/mol. The number of aromatic carboxylic acids is 1. The number of nitriles is 1. The summed E-state index contributed by atoms with van der Waals surface area (Å²) in [5.74, 6) is -1.15. The number of amides is 1. The summed E-state index contributed by atoms with van der Waals surface area (Å²) in [6.45, 7) is 2.00. The second-order valence-corrected chi connectivity index (χ2v) is 6.63. The zero-order valence-electron chi connectivity index (χ0n) is 16.0. The van der Waals surface area contributed by atoms with Gasteiger partial charge in [0.25, 0.3) is 5.91 Å². The molecule has 1 aliphatic rings. The predicted octanol–water partition coefficient (Wildman–Crippen LogP) is 3.54. The van der Waals surface area contributed by atoms with E-state index in [1.165, 1.54) is 24.3 Å². The lowest BCUT2D eigenvalue weighted by atomic mass is 10.1. The van der Waals surface area contributed by atoms with Crippen molar-refractivity contribution in [1.82, 2.24) is 0 Å². The maximum Gasteiger partial charge on any atom is 0.335 e. The number of carbonyl (C=O) groups is 2. The van der Waals surface area contributed by atoms with Gasteiger partial charge in [-0.15, -0.1) is 0 Å². The fourth-order valence-corrected chi connectivity index (χ4v) is 3.22. The van der Waals surface area contributed by atoms with E-state index >= 15 is 0 Å². The number of carbonyl (C=O) groups excluding carboxylic acids is 1. The maximum absolute atomic E-state index is 12.5. The molecule has 2 N–H and O–H groups in total. The van der Waals surface area contributed by atoms with Crippen LogP contribution in [0.1, 0.15) is 28.8 Å². The minimum absolute atomic E-state index is 0.0458. The number of anilines is 2. The molecule has 1 saturated heterocycles. The zero-order chi connectivity index (χ0) is 20.8. The number of nitrogens with zero attached hydrogens (tertiary/aromatic N) is 2. The fraction of sp³-hybridized carbons (Fsp3) is 0.227. The Labute approximate surface area is 168 Å². The van der Waals surface area contributed by atoms with E-state index in [0.29, 0.717) is 17.0 Å². The van der Waals surface area contributed by atoms with Crippen LogP contribution in [0.3, 0.4) is 0 Å². The fourth-order valence-electron chi connectivity index (χ4n) is 3.22. The summed E-state index contributed by atoms with van der Waals surface area (Å²) in [6, 6.07) is 13.4. The molecule has 7 heteroatoms. The molecule has 2 aromatic rings. The van der Waals surface area contributed by atoms with E-state index in [-0.39, 0.29) is 11.1 Å². The van der Waals surface area contributed by atoms with E-state index < -0.39 is 11.9 Å². The summed E-state index contributed by atoms with van der Waals surface area (Å²) < 4.78 is 5.45. The number of ether oxygens (including phenoxy) is 1. The molecule has 0 unspecified atom stereocenters. The predicted molar refractivity (Wildman–Crippen MR) is 110 cm³/mol. The Balaban J connectivity index is 1.83. The van der Waals surface area contributed by atoms with E-state index in [1.807, 2.05) is 24.3 Å². The third kappa shape index (κ3) is 4.74. The molecule has 0 saturated carbocycles. The van der Waals surface area contributed by atoms with Gasteiger partial charge in [0.2, 0.25) is 0 Å². The van der Waals surface area contributed by atoms with Crippen molar-refractivity contribution >= 4 is 29.3 Å². The molecule has 7 nitrogen and oxygen atoms in total. The van der Waals surface area contributed by atoms with Crippen molar-refractivity contribution in [3.63, 3.8) is 0 Å². The van der Waals surface area contributed by atoms with Gasteiger partial charge in [0.1, 0.15) is 17.4 Å². The molecular weight excluding hydrogens is 370 g/mol. The SMILES string of the molecule is COc1cc(N2CCCC2)ccc1C=C(C#N)C(=O)Nc1cccc(C(=O)O)c1. The van der Waals surface area contributed by atoms with Gasteiger partial charge in [-0.2, -0.15) is 5.26 Å². The molecule has 0 aliphatic carbocycles.